The van der Waals surface area contributed by atoms with Gasteiger partial charge >= 0.3 is 6.61 Å². The van der Waals surface area contributed by atoms with Gasteiger partial charge in [0.25, 0.3) is 15.7 Å². The number of benzene rings is 2. The molecule has 1 saturated heterocycles. The molecular formula is C17H17F2N3O5S. The molecule has 0 atom stereocenters. The van der Waals surface area contributed by atoms with Crippen molar-refractivity contribution in [2.45, 2.75) is 24.3 Å². The lowest BCUT2D eigenvalue weighted by atomic mass is 10.2. The van der Waals surface area contributed by atoms with Gasteiger partial charge in [-0.05, 0) is 37.1 Å². The first kappa shape index (κ1) is 19.8. The quantitative estimate of drug-likeness (QED) is 0.550. The van der Waals surface area contributed by atoms with E-state index in [1.54, 1.807) is 0 Å². The van der Waals surface area contributed by atoms with E-state index in [9.17, 15) is 27.3 Å². The van der Waals surface area contributed by atoms with Gasteiger partial charge in [-0.3, -0.25) is 14.8 Å². The van der Waals surface area contributed by atoms with E-state index in [0.717, 1.165) is 18.9 Å². The lowest BCUT2D eigenvalue weighted by molar-refractivity contribution is -0.384. The van der Waals surface area contributed by atoms with Crippen LogP contribution in [0.15, 0.2) is 47.4 Å². The Balaban J connectivity index is 1.94. The molecule has 0 aliphatic carbocycles. The average Bonchev–Trinajstić information content (AvgIpc) is 3.16. The highest BCUT2D eigenvalue weighted by atomic mass is 32.2. The fourth-order valence-electron chi connectivity index (χ4n) is 3.00. The Labute approximate surface area is 159 Å². The summed E-state index contributed by atoms with van der Waals surface area (Å²) in [7, 11) is -4.27. The highest BCUT2D eigenvalue weighted by Gasteiger charge is 2.26. The Morgan fingerprint density at radius 3 is 2.46 bits per heavy atom. The zero-order valence-corrected chi connectivity index (χ0v) is 15.4. The third-order valence-electron chi connectivity index (χ3n) is 4.25. The summed E-state index contributed by atoms with van der Waals surface area (Å²) in [5, 5.41) is 11.5. The molecule has 1 aliphatic heterocycles. The number of nitro benzene ring substituents is 1. The van der Waals surface area contributed by atoms with Gasteiger partial charge in [-0.15, -0.1) is 0 Å². The second-order valence-electron chi connectivity index (χ2n) is 6.08. The lowest BCUT2D eigenvalue weighted by Crippen LogP contribution is -2.20. The fourth-order valence-corrected chi connectivity index (χ4v) is 4.09. The number of ether oxygens (including phenoxy) is 1. The van der Waals surface area contributed by atoms with E-state index in [0.29, 0.717) is 18.8 Å². The minimum atomic E-state index is -4.27. The summed E-state index contributed by atoms with van der Waals surface area (Å²) in [5.41, 5.74) is -0.182. The van der Waals surface area contributed by atoms with Gasteiger partial charge in [-0.2, -0.15) is 8.78 Å². The number of nitrogens with one attached hydrogen (secondary N) is 1. The molecule has 0 saturated carbocycles. The number of halogens is 2. The molecular weight excluding hydrogens is 396 g/mol. The highest BCUT2D eigenvalue weighted by molar-refractivity contribution is 7.92. The zero-order chi connectivity index (χ0) is 20.3. The Morgan fingerprint density at radius 2 is 1.82 bits per heavy atom. The van der Waals surface area contributed by atoms with E-state index in [-0.39, 0.29) is 22.0 Å². The number of nitrogens with zero attached hydrogens (tertiary/aromatic N) is 2. The van der Waals surface area contributed by atoms with Gasteiger partial charge in [0.05, 0.1) is 15.5 Å². The Morgan fingerprint density at radius 1 is 1.14 bits per heavy atom. The fraction of sp³-hybridized carbons (Fsp3) is 0.294. The summed E-state index contributed by atoms with van der Waals surface area (Å²) in [6, 6.07) is 8.89. The monoisotopic (exact) mass is 413 g/mol. The SMILES string of the molecule is O=[N+]([O-])c1cc(S(=O)(=O)Nc2ccccc2OC(F)F)ccc1N1CCCC1. The van der Waals surface area contributed by atoms with Gasteiger partial charge in [0.15, 0.2) is 0 Å². The normalized spacial score (nSPS) is 14.3. The van der Waals surface area contributed by atoms with Gasteiger partial charge in [-0.1, -0.05) is 12.1 Å². The molecule has 0 unspecified atom stereocenters. The molecule has 1 N–H and O–H groups in total. The maximum atomic E-state index is 12.7. The van der Waals surface area contributed by atoms with Crippen LogP contribution in [-0.4, -0.2) is 33.0 Å². The number of nitro groups is 1. The summed E-state index contributed by atoms with van der Waals surface area (Å²) in [6.07, 6.45) is 1.80. The Hall–Kier alpha value is -2.95. The molecule has 0 radical (unpaired) electrons. The third kappa shape index (κ3) is 4.30. The van der Waals surface area contributed by atoms with Crippen LogP contribution in [-0.2, 0) is 10.0 Å². The first-order valence-electron chi connectivity index (χ1n) is 8.38. The number of hydrogen-bond donors (Lipinski definition) is 1. The van der Waals surface area contributed by atoms with Crippen molar-refractivity contribution < 1.29 is 26.9 Å². The van der Waals surface area contributed by atoms with Crippen LogP contribution in [0.3, 0.4) is 0 Å². The van der Waals surface area contributed by atoms with Crippen LogP contribution in [0.5, 0.6) is 5.75 Å². The van der Waals surface area contributed by atoms with Crippen LogP contribution in [0.2, 0.25) is 0 Å². The van der Waals surface area contributed by atoms with E-state index < -0.39 is 21.6 Å². The highest BCUT2D eigenvalue weighted by Crippen LogP contribution is 2.34. The predicted molar refractivity (Wildman–Crippen MR) is 98.4 cm³/mol. The number of alkyl halides is 2. The summed E-state index contributed by atoms with van der Waals surface area (Å²) in [4.78, 5) is 12.3. The summed E-state index contributed by atoms with van der Waals surface area (Å²) < 4.78 is 56.8. The molecule has 1 fully saturated rings. The minimum absolute atomic E-state index is 0.200. The van der Waals surface area contributed by atoms with Gasteiger partial charge < -0.3 is 9.64 Å². The van der Waals surface area contributed by atoms with Crippen LogP contribution < -0.4 is 14.4 Å². The number of rotatable bonds is 7. The molecule has 28 heavy (non-hydrogen) atoms. The lowest BCUT2D eigenvalue weighted by Gasteiger charge is -2.18. The summed E-state index contributed by atoms with van der Waals surface area (Å²) in [5.74, 6) is -0.357. The maximum absolute atomic E-state index is 12.7. The molecule has 0 aromatic heterocycles. The Bertz CT molecular complexity index is 979. The zero-order valence-electron chi connectivity index (χ0n) is 14.5. The molecule has 2 aromatic carbocycles. The predicted octanol–water partition coefficient (Wildman–Crippen LogP) is 3.60. The largest absolute Gasteiger partial charge is 0.433 e. The van der Waals surface area contributed by atoms with E-state index in [4.69, 9.17) is 0 Å². The van der Waals surface area contributed by atoms with Gasteiger partial charge in [0.2, 0.25) is 0 Å². The van der Waals surface area contributed by atoms with Crippen molar-refractivity contribution in [3.63, 3.8) is 0 Å². The summed E-state index contributed by atoms with van der Waals surface area (Å²) >= 11 is 0. The molecule has 2 aromatic rings. The first-order valence-corrected chi connectivity index (χ1v) is 9.86. The molecule has 0 amide bonds. The second kappa shape index (κ2) is 7.97. The van der Waals surface area contributed by atoms with Crippen molar-refractivity contribution in [2.24, 2.45) is 0 Å². The van der Waals surface area contributed by atoms with Crippen molar-refractivity contribution in [3.8, 4) is 5.75 Å². The molecule has 8 nitrogen and oxygen atoms in total. The van der Waals surface area contributed by atoms with Crippen LogP contribution in [0, 0.1) is 10.1 Å². The number of anilines is 2. The van der Waals surface area contributed by atoms with Crippen LogP contribution in [0.25, 0.3) is 0 Å². The Kier molecular flexibility index (Phi) is 5.63. The topological polar surface area (TPSA) is 102 Å². The second-order valence-corrected chi connectivity index (χ2v) is 7.76. The molecule has 0 spiro atoms. The summed E-state index contributed by atoms with van der Waals surface area (Å²) in [6.45, 7) is -1.82. The van der Waals surface area contributed by atoms with Crippen LogP contribution in [0.1, 0.15) is 12.8 Å². The van der Waals surface area contributed by atoms with Gasteiger partial charge in [0.1, 0.15) is 11.4 Å². The van der Waals surface area contributed by atoms with Crippen molar-refractivity contribution in [3.05, 3.63) is 52.6 Å². The van der Waals surface area contributed by atoms with Crippen molar-refractivity contribution in [2.75, 3.05) is 22.7 Å². The number of sulfonamides is 1. The third-order valence-corrected chi connectivity index (χ3v) is 5.61. The molecule has 150 valence electrons. The van der Waals surface area contributed by atoms with E-state index >= 15 is 0 Å². The van der Waals surface area contributed by atoms with Crippen molar-refractivity contribution in [1.29, 1.82) is 0 Å². The van der Waals surface area contributed by atoms with Gasteiger partial charge in [0, 0.05) is 19.2 Å². The van der Waals surface area contributed by atoms with E-state index in [1.165, 1.54) is 36.4 Å². The average molecular weight is 413 g/mol. The molecule has 11 heteroatoms. The van der Waals surface area contributed by atoms with Crippen LogP contribution >= 0.6 is 0 Å². The molecule has 1 heterocycles. The minimum Gasteiger partial charge on any atom is -0.433 e. The number of para-hydroxylation sites is 2. The first-order chi connectivity index (χ1) is 13.3. The van der Waals surface area contributed by atoms with Gasteiger partial charge in [-0.25, -0.2) is 8.42 Å². The molecule has 1 aliphatic rings. The maximum Gasteiger partial charge on any atom is 0.387 e. The molecule has 3 rings (SSSR count). The van der Waals surface area contributed by atoms with Crippen molar-refractivity contribution >= 4 is 27.1 Å². The van der Waals surface area contributed by atoms with Crippen molar-refractivity contribution in [1.82, 2.24) is 0 Å². The van der Waals surface area contributed by atoms with Crippen LogP contribution in [0.4, 0.5) is 25.8 Å². The smallest absolute Gasteiger partial charge is 0.387 e. The number of hydrogen-bond acceptors (Lipinski definition) is 6. The van der Waals surface area contributed by atoms with E-state index in [2.05, 4.69) is 9.46 Å². The molecule has 0 bridgehead atoms. The standard InChI is InChI=1S/C17H17F2N3O5S/c18-17(19)27-16-6-2-1-5-13(16)20-28(25,26)12-7-8-14(15(11-12)22(23)24)21-9-3-4-10-21/h1-2,5-8,11,17,20H,3-4,9-10H2. The van der Waals surface area contributed by atoms with E-state index in [1.807, 2.05) is 4.90 Å².